The monoisotopic (exact) mass is 727 g/mol. The third kappa shape index (κ3) is 17.2. The molecule has 24 heteroatoms. The van der Waals surface area contributed by atoms with Crippen molar-refractivity contribution in [2.45, 2.75) is 68.7 Å². The summed E-state index contributed by atoms with van der Waals surface area (Å²) < 4.78 is 0. The Kier molecular flexibility index (Phi) is 18.3. The summed E-state index contributed by atoms with van der Waals surface area (Å²) in [6, 6.07) is -7.56. The molecule has 0 aliphatic heterocycles. The lowest BCUT2D eigenvalue weighted by molar-refractivity contribution is -0.142. The zero-order valence-electron chi connectivity index (χ0n) is 27.0. The molecule has 51 heavy (non-hydrogen) atoms. The van der Waals surface area contributed by atoms with E-state index < -0.39 is 128 Å². The molecule has 5 atom stereocenters. The van der Waals surface area contributed by atoms with Crippen molar-refractivity contribution < 1.29 is 63.3 Å². The Morgan fingerprint density at radius 1 is 0.706 bits per heavy atom. The average Bonchev–Trinajstić information content (AvgIpc) is 3.57. The van der Waals surface area contributed by atoms with Gasteiger partial charge in [-0.25, -0.2) is 9.78 Å². The number of carboxylic acid groups (broad SMARTS) is 2. The van der Waals surface area contributed by atoms with Gasteiger partial charge in [-0.2, -0.15) is 0 Å². The molecule has 0 aliphatic carbocycles. The van der Waals surface area contributed by atoms with Gasteiger partial charge in [-0.1, -0.05) is 0 Å². The van der Waals surface area contributed by atoms with E-state index in [0.717, 1.165) is 0 Å². The van der Waals surface area contributed by atoms with E-state index >= 15 is 0 Å². The van der Waals surface area contributed by atoms with Crippen LogP contribution in [0.5, 0.6) is 0 Å². The third-order valence-electron chi connectivity index (χ3n) is 6.65. The number of hydrogen-bond donors (Lipinski definition) is 13. The van der Waals surface area contributed by atoms with Gasteiger partial charge in [-0.05, 0) is 12.8 Å². The second-order valence-corrected chi connectivity index (χ2v) is 10.8. The van der Waals surface area contributed by atoms with E-state index in [1.54, 1.807) is 0 Å². The number of primary amides is 2. The Balaban J connectivity index is 2.75. The predicted molar refractivity (Wildman–Crippen MR) is 168 cm³/mol. The van der Waals surface area contributed by atoms with Crippen LogP contribution >= 0.6 is 0 Å². The highest BCUT2D eigenvalue weighted by molar-refractivity contribution is 5.96. The molecular weight excluding hydrogens is 686 g/mol. The first kappa shape index (κ1) is 42.9. The van der Waals surface area contributed by atoms with Crippen molar-refractivity contribution in [1.29, 1.82) is 0 Å². The fourth-order valence-corrected chi connectivity index (χ4v) is 3.98. The maximum absolute atomic E-state index is 13.0. The quantitative estimate of drug-likeness (QED) is 0.0470. The first-order chi connectivity index (χ1) is 23.9. The second-order valence-electron chi connectivity index (χ2n) is 10.8. The van der Waals surface area contributed by atoms with E-state index in [1.165, 1.54) is 12.5 Å². The Hall–Kier alpha value is -6.17. The highest BCUT2D eigenvalue weighted by atomic mass is 16.4. The van der Waals surface area contributed by atoms with Crippen LogP contribution in [0.4, 0.5) is 0 Å². The molecule has 0 unspecified atom stereocenters. The normalized spacial score (nSPS) is 13.5. The van der Waals surface area contributed by atoms with Crippen molar-refractivity contribution in [3.8, 4) is 0 Å². The Bertz CT molecular complexity index is 1440. The van der Waals surface area contributed by atoms with Crippen LogP contribution in [0.25, 0.3) is 0 Å². The molecule has 1 aromatic heterocycles. The zero-order valence-corrected chi connectivity index (χ0v) is 27.0. The number of nitrogens with two attached hydrogens (primary N) is 3. The van der Waals surface area contributed by atoms with E-state index in [-0.39, 0.29) is 19.3 Å². The van der Waals surface area contributed by atoms with Crippen molar-refractivity contribution in [2.75, 3.05) is 19.7 Å². The van der Waals surface area contributed by atoms with Crippen LogP contribution in [0, 0.1) is 0 Å². The highest BCUT2D eigenvalue weighted by Gasteiger charge is 2.30. The van der Waals surface area contributed by atoms with Crippen molar-refractivity contribution in [3.05, 3.63) is 18.2 Å². The molecule has 0 spiro atoms. The van der Waals surface area contributed by atoms with Gasteiger partial charge in [0.05, 0.1) is 38.5 Å². The minimum Gasteiger partial charge on any atom is -0.481 e. The zero-order chi connectivity index (χ0) is 38.7. The van der Waals surface area contributed by atoms with Gasteiger partial charge in [-0.3, -0.25) is 43.2 Å². The van der Waals surface area contributed by atoms with Gasteiger partial charge >= 0.3 is 11.9 Å². The summed E-state index contributed by atoms with van der Waals surface area (Å²) >= 11 is 0. The number of aliphatic carboxylic acids is 2. The lowest BCUT2D eigenvalue weighted by Gasteiger charge is -2.23. The van der Waals surface area contributed by atoms with E-state index in [1.807, 2.05) is 5.32 Å². The maximum Gasteiger partial charge on any atom is 0.326 e. The number of nitrogens with zero attached hydrogens (tertiary/aromatic N) is 1. The van der Waals surface area contributed by atoms with Crippen LogP contribution in [-0.4, -0.2) is 134 Å². The highest BCUT2D eigenvalue weighted by Crippen LogP contribution is 2.03. The largest absolute Gasteiger partial charge is 0.481 e. The second kappa shape index (κ2) is 21.7. The summed E-state index contributed by atoms with van der Waals surface area (Å²) in [5.41, 5.74) is 16.2. The minimum atomic E-state index is -1.67. The number of nitrogens with one attached hydrogen (secondary N) is 7. The lowest BCUT2D eigenvalue weighted by atomic mass is 10.1. The molecular formula is C27H41N11O13. The number of aliphatic hydroxyl groups is 1. The molecule has 1 heterocycles. The number of aromatic amines is 1. The molecule has 0 aliphatic rings. The lowest BCUT2D eigenvalue weighted by Crippen LogP contribution is -2.58. The molecule has 1 aromatic rings. The molecule has 0 radical (unpaired) electrons. The number of H-pyrrole nitrogens is 1. The van der Waals surface area contributed by atoms with Crippen LogP contribution in [0.15, 0.2) is 12.5 Å². The van der Waals surface area contributed by atoms with Crippen LogP contribution < -0.4 is 49.1 Å². The number of carboxylic acids is 2. The van der Waals surface area contributed by atoms with Crippen LogP contribution in [0.1, 0.15) is 37.8 Å². The number of carbonyl (C=O) groups excluding carboxylic acids is 8. The van der Waals surface area contributed by atoms with Gasteiger partial charge in [0.2, 0.25) is 47.3 Å². The fourth-order valence-electron chi connectivity index (χ4n) is 3.98. The SMILES string of the molecule is NC(=O)CC[C@H](NC(=O)[C@H](CC(N)=O)NC(=O)CNC(=O)CNC(=O)[C@H](CO)NC(=O)[C@H](Cc1cnc[nH]1)NC(=O)[C@@H](N)CCC(=O)O)C(=O)O. The molecule has 0 aromatic carbocycles. The summed E-state index contributed by atoms with van der Waals surface area (Å²) in [5.74, 6) is -10.6. The summed E-state index contributed by atoms with van der Waals surface area (Å²) in [6.07, 6.45) is 0.280. The Morgan fingerprint density at radius 2 is 1.31 bits per heavy atom. The number of amides is 8. The molecule has 0 saturated heterocycles. The van der Waals surface area contributed by atoms with Gasteiger partial charge < -0.3 is 69.4 Å². The summed E-state index contributed by atoms with van der Waals surface area (Å²) in [6.45, 7) is -2.54. The molecule has 8 amide bonds. The minimum absolute atomic E-state index is 0.176. The molecule has 0 saturated carbocycles. The van der Waals surface area contributed by atoms with Gasteiger partial charge in [-0.15, -0.1) is 0 Å². The summed E-state index contributed by atoms with van der Waals surface area (Å²) in [7, 11) is 0. The number of aliphatic hydroxyl groups excluding tert-OH is 1. The number of aromatic nitrogens is 2. The number of imidazole rings is 1. The van der Waals surface area contributed by atoms with E-state index in [9.17, 15) is 58.2 Å². The van der Waals surface area contributed by atoms with Crippen LogP contribution in [0.3, 0.4) is 0 Å². The van der Waals surface area contributed by atoms with Gasteiger partial charge in [0.1, 0.15) is 24.2 Å². The molecule has 1 rings (SSSR count). The number of carbonyl (C=O) groups is 10. The smallest absolute Gasteiger partial charge is 0.326 e. The van der Waals surface area contributed by atoms with E-state index in [2.05, 4.69) is 36.6 Å². The standard InChI is InChI=1S/C27H41N11O13/c28-13(1-4-22(44)45)23(46)37-15(5-12-7-31-11-34-12)25(48)38-17(10-39)24(47)33-8-20(42)32-9-21(43)35-16(6-19(30)41)26(49)36-14(27(50)51)2-3-18(29)40/h7,11,13-17,39H,1-6,8-10,28H2,(H2,29,40)(H2,30,41)(H,31,34)(H,32,42)(H,33,47)(H,35,43)(H,36,49)(H,37,46)(H,38,48)(H,44,45)(H,50,51)/t13-,14-,15-,16-,17-/m0/s1. The third-order valence-corrected chi connectivity index (χ3v) is 6.65. The van der Waals surface area contributed by atoms with Gasteiger partial charge in [0.15, 0.2) is 0 Å². The Labute approximate surface area is 288 Å². The number of hydrogen-bond acceptors (Lipinski definition) is 13. The number of rotatable bonds is 24. The Morgan fingerprint density at radius 3 is 1.86 bits per heavy atom. The van der Waals surface area contributed by atoms with Crippen molar-refractivity contribution in [3.63, 3.8) is 0 Å². The molecule has 0 fully saturated rings. The first-order valence-electron chi connectivity index (χ1n) is 15.0. The van der Waals surface area contributed by atoms with Crippen molar-refractivity contribution >= 4 is 59.2 Å². The fraction of sp³-hybridized carbons (Fsp3) is 0.519. The molecule has 282 valence electrons. The maximum atomic E-state index is 13.0. The topological polar surface area (TPSA) is 410 Å². The predicted octanol–water partition coefficient (Wildman–Crippen LogP) is -7.47. The van der Waals surface area contributed by atoms with Gasteiger partial charge in [0.25, 0.3) is 0 Å². The van der Waals surface area contributed by atoms with Gasteiger partial charge in [0, 0.05) is 31.2 Å². The van der Waals surface area contributed by atoms with Crippen LogP contribution in [-0.2, 0) is 54.4 Å². The summed E-state index contributed by atoms with van der Waals surface area (Å²) in [4.78, 5) is 127. The summed E-state index contributed by atoms with van der Waals surface area (Å²) in [5, 5.41) is 40.7. The molecule has 0 bridgehead atoms. The molecule has 16 N–H and O–H groups in total. The van der Waals surface area contributed by atoms with Crippen molar-refractivity contribution in [1.82, 2.24) is 41.9 Å². The first-order valence-corrected chi connectivity index (χ1v) is 15.0. The van der Waals surface area contributed by atoms with E-state index in [0.29, 0.717) is 5.69 Å². The molecule has 24 nitrogen and oxygen atoms in total. The average molecular weight is 728 g/mol. The van der Waals surface area contributed by atoms with Crippen molar-refractivity contribution in [2.24, 2.45) is 17.2 Å². The van der Waals surface area contributed by atoms with E-state index in [4.69, 9.17) is 22.3 Å². The van der Waals surface area contributed by atoms with Crippen LogP contribution in [0.2, 0.25) is 0 Å².